The second-order valence-corrected chi connectivity index (χ2v) is 8.92. The Morgan fingerprint density at radius 1 is 1.00 bits per heavy atom. The van der Waals surface area contributed by atoms with Crippen molar-refractivity contribution < 1.29 is 9.13 Å². The fourth-order valence-corrected chi connectivity index (χ4v) is 4.26. The van der Waals surface area contributed by atoms with Crippen molar-refractivity contribution in [3.05, 3.63) is 93.7 Å². The molecular formula is C23H20Cl2FN5OS. The Kier molecular flexibility index (Phi) is 8.17. The molecule has 4 aromatic rings. The van der Waals surface area contributed by atoms with Gasteiger partial charge in [-0.3, -0.25) is 0 Å². The Labute approximate surface area is 205 Å². The standard InChI is InChI=1S/C23H20Cl2FN5OS/c24-18-7-9-22(32-15-16-6-8-19(26)13-21(16)25)17(12-18)14-27-10-11-33-23-28-29-30-31(23)20-4-2-1-3-5-20/h1-9,12-13,27H,10-11,14-15H2. The molecule has 6 nitrogen and oxygen atoms in total. The highest BCUT2D eigenvalue weighted by Gasteiger charge is 2.10. The van der Waals surface area contributed by atoms with Gasteiger partial charge in [0.15, 0.2) is 0 Å². The number of aromatic nitrogens is 4. The average molecular weight is 504 g/mol. The van der Waals surface area contributed by atoms with E-state index in [1.807, 2.05) is 42.5 Å². The van der Waals surface area contributed by atoms with Gasteiger partial charge in [-0.05, 0) is 52.9 Å². The fourth-order valence-electron chi connectivity index (χ4n) is 3.06. The number of halogens is 3. The number of hydrogen-bond acceptors (Lipinski definition) is 6. The lowest BCUT2D eigenvalue weighted by atomic mass is 10.2. The lowest BCUT2D eigenvalue weighted by Crippen LogP contribution is -2.17. The third-order valence-electron chi connectivity index (χ3n) is 4.69. The Morgan fingerprint density at radius 2 is 1.85 bits per heavy atom. The van der Waals surface area contributed by atoms with Crippen LogP contribution in [0.15, 0.2) is 71.9 Å². The molecule has 0 saturated carbocycles. The minimum Gasteiger partial charge on any atom is -0.489 e. The molecule has 0 amide bonds. The van der Waals surface area contributed by atoms with E-state index in [1.165, 1.54) is 12.1 Å². The summed E-state index contributed by atoms with van der Waals surface area (Å²) in [5.41, 5.74) is 2.54. The minimum atomic E-state index is -0.379. The lowest BCUT2D eigenvalue weighted by molar-refractivity contribution is 0.302. The Hall–Kier alpha value is -2.65. The molecular weight excluding hydrogens is 484 g/mol. The van der Waals surface area contributed by atoms with Gasteiger partial charge in [0, 0.05) is 35.0 Å². The molecule has 170 valence electrons. The largest absolute Gasteiger partial charge is 0.489 e. The number of ether oxygens (including phenoxy) is 1. The predicted molar refractivity (Wildman–Crippen MR) is 129 cm³/mol. The van der Waals surface area contributed by atoms with E-state index in [0.29, 0.717) is 27.9 Å². The molecule has 1 aromatic heterocycles. The number of benzene rings is 3. The summed E-state index contributed by atoms with van der Waals surface area (Å²) < 4.78 is 20.9. The summed E-state index contributed by atoms with van der Waals surface area (Å²) in [6.07, 6.45) is 0. The molecule has 0 fully saturated rings. The van der Waals surface area contributed by atoms with Crippen LogP contribution in [-0.4, -0.2) is 32.5 Å². The summed E-state index contributed by atoms with van der Waals surface area (Å²) in [6, 6.07) is 19.5. The van der Waals surface area contributed by atoms with Crippen LogP contribution in [0, 0.1) is 5.82 Å². The Balaban J connectivity index is 1.30. The van der Waals surface area contributed by atoms with E-state index in [2.05, 4.69) is 20.8 Å². The van der Waals surface area contributed by atoms with Crippen molar-refractivity contribution >= 4 is 35.0 Å². The highest BCUT2D eigenvalue weighted by Crippen LogP contribution is 2.26. The smallest absolute Gasteiger partial charge is 0.214 e. The zero-order chi connectivity index (χ0) is 23.0. The number of para-hydroxylation sites is 1. The van der Waals surface area contributed by atoms with Crippen LogP contribution in [0.5, 0.6) is 5.75 Å². The van der Waals surface area contributed by atoms with Gasteiger partial charge in [-0.1, -0.05) is 59.2 Å². The minimum absolute atomic E-state index is 0.228. The second kappa shape index (κ2) is 11.5. The van der Waals surface area contributed by atoms with Gasteiger partial charge in [-0.15, -0.1) is 5.10 Å². The van der Waals surface area contributed by atoms with Crippen molar-refractivity contribution in [2.24, 2.45) is 0 Å². The van der Waals surface area contributed by atoms with Gasteiger partial charge in [0.1, 0.15) is 18.2 Å². The average Bonchev–Trinajstić information content (AvgIpc) is 3.28. The summed E-state index contributed by atoms with van der Waals surface area (Å²) in [6.45, 7) is 1.52. The SMILES string of the molecule is Fc1ccc(COc2ccc(Cl)cc2CNCCSc2nnnn2-c2ccccc2)c(Cl)c1. The van der Waals surface area contributed by atoms with Crippen molar-refractivity contribution in [2.75, 3.05) is 12.3 Å². The Bertz CT molecular complexity index is 1210. The van der Waals surface area contributed by atoms with Crippen LogP contribution < -0.4 is 10.1 Å². The first-order valence-corrected chi connectivity index (χ1v) is 11.9. The van der Waals surface area contributed by atoms with E-state index in [-0.39, 0.29) is 12.4 Å². The van der Waals surface area contributed by atoms with Crippen molar-refractivity contribution in [1.29, 1.82) is 0 Å². The molecule has 0 aliphatic heterocycles. The van der Waals surface area contributed by atoms with E-state index in [0.717, 1.165) is 28.7 Å². The molecule has 0 aliphatic carbocycles. The molecule has 0 unspecified atom stereocenters. The Morgan fingerprint density at radius 3 is 2.67 bits per heavy atom. The number of rotatable bonds is 10. The number of tetrazole rings is 1. The van der Waals surface area contributed by atoms with Crippen LogP contribution >= 0.6 is 35.0 Å². The number of nitrogens with zero attached hydrogens (tertiary/aromatic N) is 4. The zero-order valence-corrected chi connectivity index (χ0v) is 19.7. The maximum atomic E-state index is 13.3. The third-order valence-corrected chi connectivity index (χ3v) is 6.20. The lowest BCUT2D eigenvalue weighted by Gasteiger charge is -2.13. The molecule has 0 aliphatic rings. The van der Waals surface area contributed by atoms with Gasteiger partial charge in [-0.2, -0.15) is 4.68 Å². The summed E-state index contributed by atoms with van der Waals surface area (Å²) in [5, 5.41) is 17.0. The normalized spacial score (nSPS) is 11.0. The molecule has 3 aromatic carbocycles. The first kappa shape index (κ1) is 23.5. The highest BCUT2D eigenvalue weighted by molar-refractivity contribution is 7.99. The molecule has 33 heavy (non-hydrogen) atoms. The highest BCUT2D eigenvalue weighted by atomic mass is 35.5. The van der Waals surface area contributed by atoms with Crippen molar-refractivity contribution in [2.45, 2.75) is 18.3 Å². The number of hydrogen-bond donors (Lipinski definition) is 1. The van der Waals surface area contributed by atoms with E-state index in [1.54, 1.807) is 28.6 Å². The van der Waals surface area contributed by atoms with E-state index >= 15 is 0 Å². The van der Waals surface area contributed by atoms with Crippen LogP contribution in [-0.2, 0) is 13.2 Å². The van der Waals surface area contributed by atoms with Crippen molar-refractivity contribution in [3.63, 3.8) is 0 Å². The molecule has 0 radical (unpaired) electrons. The second-order valence-electron chi connectivity index (χ2n) is 7.01. The van der Waals surface area contributed by atoms with Gasteiger partial charge < -0.3 is 10.1 Å². The molecule has 4 rings (SSSR count). The molecule has 0 bridgehead atoms. The topological polar surface area (TPSA) is 64.9 Å². The van der Waals surface area contributed by atoms with Gasteiger partial charge >= 0.3 is 0 Å². The predicted octanol–water partition coefficient (Wildman–Crippen LogP) is 5.57. The molecule has 1 heterocycles. The summed E-state index contributed by atoms with van der Waals surface area (Å²) >= 11 is 13.8. The number of thioether (sulfide) groups is 1. The molecule has 0 atom stereocenters. The maximum Gasteiger partial charge on any atom is 0.214 e. The van der Waals surface area contributed by atoms with Crippen LogP contribution in [0.1, 0.15) is 11.1 Å². The van der Waals surface area contributed by atoms with Gasteiger partial charge in [0.2, 0.25) is 5.16 Å². The summed E-state index contributed by atoms with van der Waals surface area (Å²) in [7, 11) is 0. The third kappa shape index (κ3) is 6.45. The fraction of sp³-hybridized carbons (Fsp3) is 0.174. The van der Waals surface area contributed by atoms with Gasteiger partial charge in [0.25, 0.3) is 0 Å². The van der Waals surface area contributed by atoms with Crippen LogP contribution in [0.4, 0.5) is 4.39 Å². The van der Waals surface area contributed by atoms with Crippen LogP contribution in [0.25, 0.3) is 5.69 Å². The van der Waals surface area contributed by atoms with E-state index in [4.69, 9.17) is 27.9 Å². The van der Waals surface area contributed by atoms with Gasteiger partial charge in [0.05, 0.1) is 10.7 Å². The first-order valence-electron chi connectivity index (χ1n) is 10.1. The van der Waals surface area contributed by atoms with Crippen LogP contribution in [0.2, 0.25) is 10.0 Å². The van der Waals surface area contributed by atoms with Gasteiger partial charge in [-0.25, -0.2) is 4.39 Å². The van der Waals surface area contributed by atoms with Crippen molar-refractivity contribution in [1.82, 2.24) is 25.5 Å². The van der Waals surface area contributed by atoms with Crippen molar-refractivity contribution in [3.8, 4) is 11.4 Å². The molecule has 0 saturated heterocycles. The van der Waals surface area contributed by atoms with E-state index in [9.17, 15) is 4.39 Å². The molecule has 1 N–H and O–H groups in total. The van der Waals surface area contributed by atoms with Crippen LogP contribution in [0.3, 0.4) is 0 Å². The summed E-state index contributed by atoms with van der Waals surface area (Å²) in [4.78, 5) is 0. The maximum absolute atomic E-state index is 13.3. The monoisotopic (exact) mass is 503 g/mol. The number of nitrogens with one attached hydrogen (secondary N) is 1. The summed E-state index contributed by atoms with van der Waals surface area (Å²) in [5.74, 6) is 1.08. The molecule has 0 spiro atoms. The molecule has 10 heteroatoms. The zero-order valence-electron chi connectivity index (χ0n) is 17.4. The first-order chi connectivity index (χ1) is 16.1. The quantitative estimate of drug-likeness (QED) is 0.225. The van der Waals surface area contributed by atoms with E-state index < -0.39 is 0 Å².